The van der Waals surface area contributed by atoms with Gasteiger partial charge in [-0.25, -0.2) is 4.39 Å². The van der Waals surface area contributed by atoms with Crippen LogP contribution in [0.4, 0.5) is 4.39 Å². The molecule has 1 atom stereocenters. The highest BCUT2D eigenvalue weighted by Gasteiger charge is 2.10. The number of aliphatic hydroxyl groups excluding tert-OH is 1. The summed E-state index contributed by atoms with van der Waals surface area (Å²) in [6, 6.07) is 4.31. The third kappa shape index (κ3) is 3.29. The highest BCUT2D eigenvalue weighted by Crippen LogP contribution is 2.22. The zero-order valence-electron chi connectivity index (χ0n) is 10.8. The van der Waals surface area contributed by atoms with Gasteiger partial charge in [-0.1, -0.05) is 13.0 Å². The second-order valence-electron chi connectivity index (χ2n) is 4.10. The molecule has 102 valence electrons. The molecule has 0 aliphatic heterocycles. The highest BCUT2D eigenvalue weighted by atomic mass is 19.1. The Hall–Kier alpha value is -1.95. The van der Waals surface area contributed by atoms with Gasteiger partial charge in [-0.2, -0.15) is 0 Å². The summed E-state index contributed by atoms with van der Waals surface area (Å²) in [6.45, 7) is 3.48. The van der Waals surface area contributed by atoms with E-state index in [0.717, 1.165) is 0 Å². The lowest BCUT2D eigenvalue weighted by atomic mass is 10.1. The van der Waals surface area contributed by atoms with Crippen LogP contribution in [0.3, 0.4) is 0 Å². The predicted octanol–water partition coefficient (Wildman–Crippen LogP) is 2.40. The molecule has 0 amide bonds. The monoisotopic (exact) mass is 266 g/mol. The first kappa shape index (κ1) is 13.5. The normalized spacial score (nSPS) is 12.4. The zero-order chi connectivity index (χ0) is 13.8. The van der Waals surface area contributed by atoms with E-state index in [0.29, 0.717) is 23.8 Å². The molecule has 0 saturated heterocycles. The average molecular weight is 266 g/mol. The topological polar surface area (TPSA) is 68.4 Å². The molecule has 2 aromatic rings. The van der Waals surface area contributed by atoms with Gasteiger partial charge in [-0.15, -0.1) is 10.2 Å². The summed E-state index contributed by atoms with van der Waals surface area (Å²) in [4.78, 5) is 0. The van der Waals surface area contributed by atoms with Gasteiger partial charge in [0.2, 0.25) is 5.89 Å². The SMILES string of the molecule is CCc1nnc(COc2ccc([C@H](C)O)cc2F)o1. The van der Waals surface area contributed by atoms with E-state index in [1.807, 2.05) is 6.92 Å². The van der Waals surface area contributed by atoms with Gasteiger partial charge < -0.3 is 14.3 Å². The van der Waals surface area contributed by atoms with Crippen molar-refractivity contribution in [3.05, 3.63) is 41.4 Å². The summed E-state index contributed by atoms with van der Waals surface area (Å²) in [5, 5.41) is 16.9. The fourth-order valence-corrected chi connectivity index (χ4v) is 1.52. The second-order valence-corrected chi connectivity index (χ2v) is 4.10. The van der Waals surface area contributed by atoms with Crippen molar-refractivity contribution in [1.82, 2.24) is 10.2 Å². The van der Waals surface area contributed by atoms with Crippen LogP contribution in [0, 0.1) is 5.82 Å². The van der Waals surface area contributed by atoms with Crippen LogP contribution in [0.5, 0.6) is 5.75 Å². The van der Waals surface area contributed by atoms with Gasteiger partial charge in [0.05, 0.1) is 6.10 Å². The maximum atomic E-state index is 13.7. The van der Waals surface area contributed by atoms with E-state index in [1.54, 1.807) is 13.0 Å². The summed E-state index contributed by atoms with van der Waals surface area (Å²) in [5.41, 5.74) is 0.496. The molecule has 6 heteroatoms. The standard InChI is InChI=1S/C13H15FN2O3/c1-3-12-15-16-13(19-12)7-18-11-5-4-9(8(2)17)6-10(11)14/h4-6,8,17H,3,7H2,1-2H3/t8-/m0/s1. The summed E-state index contributed by atoms with van der Waals surface area (Å²) in [6.07, 6.45) is -0.0728. The second kappa shape index (κ2) is 5.79. The van der Waals surface area contributed by atoms with Gasteiger partial charge in [0.1, 0.15) is 0 Å². The fraction of sp³-hybridized carbons (Fsp3) is 0.385. The van der Waals surface area contributed by atoms with E-state index in [2.05, 4.69) is 10.2 Å². The number of hydrogen-bond acceptors (Lipinski definition) is 5. The van der Waals surface area contributed by atoms with Crippen LogP contribution in [0.2, 0.25) is 0 Å². The summed E-state index contributed by atoms with van der Waals surface area (Å²) in [7, 11) is 0. The van der Waals surface area contributed by atoms with Crippen LogP contribution in [-0.2, 0) is 13.0 Å². The van der Waals surface area contributed by atoms with Gasteiger partial charge in [-0.05, 0) is 24.6 Å². The molecule has 19 heavy (non-hydrogen) atoms. The molecule has 0 bridgehead atoms. The smallest absolute Gasteiger partial charge is 0.253 e. The van der Waals surface area contributed by atoms with Crippen LogP contribution in [0.25, 0.3) is 0 Å². The molecule has 0 saturated carbocycles. The molecule has 1 heterocycles. The zero-order valence-corrected chi connectivity index (χ0v) is 10.8. The van der Waals surface area contributed by atoms with Crippen molar-refractivity contribution in [1.29, 1.82) is 0 Å². The summed E-state index contributed by atoms with van der Waals surface area (Å²) < 4.78 is 24.2. The predicted molar refractivity (Wildman–Crippen MR) is 65.0 cm³/mol. The number of benzene rings is 1. The van der Waals surface area contributed by atoms with Crippen LogP contribution >= 0.6 is 0 Å². The Bertz CT molecular complexity index is 555. The highest BCUT2D eigenvalue weighted by molar-refractivity contribution is 5.30. The van der Waals surface area contributed by atoms with E-state index in [-0.39, 0.29) is 12.4 Å². The van der Waals surface area contributed by atoms with Crippen molar-refractivity contribution in [2.45, 2.75) is 33.0 Å². The van der Waals surface area contributed by atoms with Crippen molar-refractivity contribution in [3.63, 3.8) is 0 Å². The number of hydrogen-bond donors (Lipinski definition) is 1. The molecule has 1 N–H and O–H groups in total. The number of rotatable bonds is 5. The Labute approximate surface area is 110 Å². The molecule has 2 rings (SSSR count). The van der Waals surface area contributed by atoms with Crippen LogP contribution in [0.15, 0.2) is 22.6 Å². The minimum atomic E-state index is -0.716. The lowest BCUT2D eigenvalue weighted by Gasteiger charge is -2.08. The maximum absolute atomic E-state index is 13.7. The molecule has 0 radical (unpaired) electrons. The van der Waals surface area contributed by atoms with E-state index in [9.17, 15) is 9.50 Å². The average Bonchev–Trinajstić information content (AvgIpc) is 2.85. The van der Waals surface area contributed by atoms with Gasteiger partial charge in [-0.3, -0.25) is 0 Å². The van der Waals surface area contributed by atoms with Gasteiger partial charge in [0, 0.05) is 6.42 Å². The minimum Gasteiger partial charge on any atom is -0.481 e. The number of aryl methyl sites for hydroxylation is 1. The molecule has 0 unspecified atom stereocenters. The molecule has 1 aromatic heterocycles. The van der Waals surface area contributed by atoms with Crippen molar-refractivity contribution in [3.8, 4) is 5.75 Å². The molecule has 0 fully saturated rings. The first-order chi connectivity index (χ1) is 9.10. The Balaban J connectivity index is 2.03. The van der Waals surface area contributed by atoms with E-state index >= 15 is 0 Å². The lowest BCUT2D eigenvalue weighted by Crippen LogP contribution is -1.99. The molecule has 0 aliphatic carbocycles. The number of aromatic nitrogens is 2. The van der Waals surface area contributed by atoms with E-state index in [4.69, 9.17) is 9.15 Å². The molecule has 0 aliphatic rings. The quantitative estimate of drug-likeness (QED) is 0.900. The summed E-state index contributed by atoms with van der Waals surface area (Å²) >= 11 is 0. The third-order valence-corrected chi connectivity index (χ3v) is 2.60. The van der Waals surface area contributed by atoms with E-state index < -0.39 is 11.9 Å². The molecule has 5 nitrogen and oxygen atoms in total. The van der Waals surface area contributed by atoms with Crippen LogP contribution in [0.1, 0.15) is 37.3 Å². The molecular formula is C13H15FN2O3. The van der Waals surface area contributed by atoms with E-state index in [1.165, 1.54) is 12.1 Å². The van der Waals surface area contributed by atoms with Crippen molar-refractivity contribution in [2.75, 3.05) is 0 Å². The number of ether oxygens (including phenoxy) is 1. The third-order valence-electron chi connectivity index (χ3n) is 2.60. The maximum Gasteiger partial charge on any atom is 0.253 e. The van der Waals surface area contributed by atoms with Crippen molar-refractivity contribution in [2.24, 2.45) is 0 Å². The molecular weight excluding hydrogens is 251 g/mol. The Morgan fingerprint density at radius 3 is 2.68 bits per heavy atom. The lowest BCUT2D eigenvalue weighted by molar-refractivity contribution is 0.198. The summed E-state index contributed by atoms with van der Waals surface area (Å²) in [5.74, 6) is 0.369. The number of aliphatic hydroxyl groups is 1. The first-order valence-electron chi connectivity index (χ1n) is 6.01. The fourth-order valence-electron chi connectivity index (χ4n) is 1.52. The molecule has 1 aromatic carbocycles. The Morgan fingerprint density at radius 1 is 1.37 bits per heavy atom. The van der Waals surface area contributed by atoms with Crippen LogP contribution < -0.4 is 4.74 Å². The van der Waals surface area contributed by atoms with Gasteiger partial charge in [0.15, 0.2) is 18.2 Å². The van der Waals surface area contributed by atoms with Crippen molar-refractivity contribution >= 4 is 0 Å². The minimum absolute atomic E-state index is 0.0119. The molecule has 0 spiro atoms. The Kier molecular flexibility index (Phi) is 4.11. The van der Waals surface area contributed by atoms with Gasteiger partial charge in [0.25, 0.3) is 5.89 Å². The first-order valence-corrected chi connectivity index (χ1v) is 6.01. The van der Waals surface area contributed by atoms with Crippen molar-refractivity contribution < 1.29 is 18.7 Å². The number of halogens is 1. The largest absolute Gasteiger partial charge is 0.481 e. The Morgan fingerprint density at radius 2 is 2.11 bits per heavy atom. The number of nitrogens with zero attached hydrogens (tertiary/aromatic N) is 2. The van der Waals surface area contributed by atoms with Gasteiger partial charge >= 0.3 is 0 Å². The van der Waals surface area contributed by atoms with Crippen LogP contribution in [-0.4, -0.2) is 15.3 Å².